The molecule has 0 N–H and O–H groups in total. The number of fused-ring (bicyclic) bond motifs is 1. The first-order chi connectivity index (χ1) is 13.4. The SMILES string of the molecule is Cc1nc2nc(C(F)(F)F)nn2c(C)c1CC(=O)N1CCCN(S(C)(=O)=O)CC1. The molecule has 0 spiro atoms. The molecule has 160 valence electrons. The van der Waals surface area contributed by atoms with Crippen LogP contribution in [0, 0.1) is 13.8 Å². The normalized spacial score (nSPS) is 17.0. The Morgan fingerprint density at radius 3 is 2.41 bits per heavy atom. The van der Waals surface area contributed by atoms with Gasteiger partial charge < -0.3 is 4.90 Å². The molecule has 1 amide bonds. The van der Waals surface area contributed by atoms with Gasteiger partial charge in [0.1, 0.15) is 0 Å². The maximum Gasteiger partial charge on any atom is 0.453 e. The first-order valence-corrected chi connectivity index (χ1v) is 10.8. The van der Waals surface area contributed by atoms with Gasteiger partial charge in [-0.3, -0.25) is 4.79 Å². The minimum atomic E-state index is -4.69. The summed E-state index contributed by atoms with van der Waals surface area (Å²) in [6.45, 7) is 4.37. The Balaban J connectivity index is 1.83. The molecule has 0 bridgehead atoms. The lowest BCUT2D eigenvalue weighted by molar-refractivity contribution is -0.144. The molecular weight excluding hydrogens is 413 g/mol. The summed E-state index contributed by atoms with van der Waals surface area (Å²) in [6.07, 6.45) is -3.13. The van der Waals surface area contributed by atoms with Crippen molar-refractivity contribution in [1.82, 2.24) is 28.8 Å². The van der Waals surface area contributed by atoms with Crippen LogP contribution in [0.2, 0.25) is 0 Å². The number of carbonyl (C=O) groups excluding carboxylic acids is 1. The van der Waals surface area contributed by atoms with E-state index >= 15 is 0 Å². The lowest BCUT2D eigenvalue weighted by Gasteiger charge is -2.22. The third-order valence-corrected chi connectivity index (χ3v) is 6.21. The number of sulfonamides is 1. The number of carbonyl (C=O) groups is 1. The van der Waals surface area contributed by atoms with Crippen LogP contribution in [-0.2, 0) is 27.4 Å². The van der Waals surface area contributed by atoms with E-state index in [2.05, 4.69) is 15.1 Å². The van der Waals surface area contributed by atoms with Gasteiger partial charge in [-0.1, -0.05) is 0 Å². The second-order valence-corrected chi connectivity index (χ2v) is 8.96. The highest BCUT2D eigenvalue weighted by Gasteiger charge is 2.37. The van der Waals surface area contributed by atoms with Crippen molar-refractivity contribution in [1.29, 1.82) is 0 Å². The van der Waals surface area contributed by atoms with E-state index in [1.165, 1.54) is 4.31 Å². The highest BCUT2D eigenvalue weighted by atomic mass is 32.2. The van der Waals surface area contributed by atoms with E-state index in [1.54, 1.807) is 18.7 Å². The summed E-state index contributed by atoms with van der Waals surface area (Å²) < 4.78 is 64.4. The average Bonchev–Trinajstić information content (AvgIpc) is 2.86. The molecule has 1 fully saturated rings. The molecule has 0 aromatic carbocycles. The van der Waals surface area contributed by atoms with Gasteiger partial charge in [-0.2, -0.15) is 18.2 Å². The number of hydrogen-bond acceptors (Lipinski definition) is 6. The van der Waals surface area contributed by atoms with Crippen molar-refractivity contribution in [3.8, 4) is 0 Å². The molecule has 1 saturated heterocycles. The van der Waals surface area contributed by atoms with E-state index in [4.69, 9.17) is 0 Å². The molecule has 0 atom stereocenters. The zero-order valence-electron chi connectivity index (χ0n) is 16.2. The quantitative estimate of drug-likeness (QED) is 0.708. The largest absolute Gasteiger partial charge is 0.453 e. The Hall–Kier alpha value is -2.28. The predicted molar refractivity (Wildman–Crippen MR) is 96.6 cm³/mol. The number of alkyl halides is 3. The van der Waals surface area contributed by atoms with Crippen molar-refractivity contribution in [2.75, 3.05) is 32.4 Å². The number of hydrogen-bond donors (Lipinski definition) is 0. The van der Waals surface area contributed by atoms with Gasteiger partial charge in [0, 0.05) is 43.1 Å². The van der Waals surface area contributed by atoms with Crippen molar-refractivity contribution in [3.63, 3.8) is 0 Å². The van der Waals surface area contributed by atoms with Crippen molar-refractivity contribution >= 4 is 21.7 Å². The molecule has 9 nitrogen and oxygen atoms in total. The van der Waals surface area contributed by atoms with Crippen LogP contribution in [0.3, 0.4) is 0 Å². The topological polar surface area (TPSA) is 101 Å². The zero-order valence-corrected chi connectivity index (χ0v) is 17.0. The van der Waals surface area contributed by atoms with Crippen molar-refractivity contribution in [2.45, 2.75) is 32.9 Å². The van der Waals surface area contributed by atoms with Crippen LogP contribution in [0.5, 0.6) is 0 Å². The lowest BCUT2D eigenvalue weighted by Crippen LogP contribution is -2.37. The highest BCUT2D eigenvalue weighted by Crippen LogP contribution is 2.27. The first kappa shape index (κ1) is 21.4. The van der Waals surface area contributed by atoms with E-state index < -0.39 is 22.0 Å². The Bertz CT molecular complexity index is 1050. The Kier molecular flexibility index (Phi) is 5.56. The summed E-state index contributed by atoms with van der Waals surface area (Å²) in [4.78, 5) is 21.8. The van der Waals surface area contributed by atoms with E-state index in [1.807, 2.05) is 0 Å². The van der Waals surface area contributed by atoms with Gasteiger partial charge in [0.25, 0.3) is 11.6 Å². The Morgan fingerprint density at radius 2 is 1.79 bits per heavy atom. The van der Waals surface area contributed by atoms with Crippen LogP contribution in [0.25, 0.3) is 5.78 Å². The highest BCUT2D eigenvalue weighted by molar-refractivity contribution is 7.88. The minimum Gasteiger partial charge on any atom is -0.341 e. The Morgan fingerprint density at radius 1 is 1.10 bits per heavy atom. The molecule has 0 radical (unpaired) electrons. The fourth-order valence-corrected chi connectivity index (χ4v) is 4.20. The number of halogens is 3. The van der Waals surface area contributed by atoms with Crippen LogP contribution in [-0.4, -0.2) is 75.5 Å². The zero-order chi connectivity index (χ0) is 21.6. The van der Waals surface area contributed by atoms with E-state index in [0.717, 1.165) is 10.8 Å². The van der Waals surface area contributed by atoms with E-state index in [0.29, 0.717) is 36.5 Å². The fraction of sp³-hybridized carbons (Fsp3) is 0.625. The lowest BCUT2D eigenvalue weighted by atomic mass is 10.1. The number of rotatable bonds is 3. The molecule has 13 heteroatoms. The second kappa shape index (κ2) is 7.52. The van der Waals surface area contributed by atoms with Gasteiger partial charge in [0.15, 0.2) is 0 Å². The smallest absolute Gasteiger partial charge is 0.341 e. The molecule has 29 heavy (non-hydrogen) atoms. The Labute approximate surface area is 165 Å². The molecule has 0 saturated carbocycles. The van der Waals surface area contributed by atoms with Crippen LogP contribution in [0.15, 0.2) is 0 Å². The summed E-state index contributed by atoms with van der Waals surface area (Å²) in [7, 11) is -3.33. The van der Waals surface area contributed by atoms with Gasteiger partial charge in [0.05, 0.1) is 12.7 Å². The minimum absolute atomic E-state index is 0.0688. The summed E-state index contributed by atoms with van der Waals surface area (Å²) in [5, 5.41) is 3.48. The van der Waals surface area contributed by atoms with Crippen molar-refractivity contribution < 1.29 is 26.4 Å². The summed E-state index contributed by atoms with van der Waals surface area (Å²) in [6, 6.07) is 0. The predicted octanol–water partition coefficient (Wildman–Crippen LogP) is 0.796. The number of aromatic nitrogens is 4. The molecular formula is C16H21F3N6O3S. The van der Waals surface area contributed by atoms with Crippen LogP contribution < -0.4 is 0 Å². The summed E-state index contributed by atoms with van der Waals surface area (Å²) in [5.41, 5.74) is 1.24. The molecule has 0 unspecified atom stereocenters. The summed E-state index contributed by atoms with van der Waals surface area (Å²) in [5.74, 6) is -1.71. The third-order valence-electron chi connectivity index (χ3n) is 4.91. The average molecular weight is 434 g/mol. The molecule has 2 aromatic heterocycles. The maximum atomic E-state index is 12.9. The standard InChI is InChI=1S/C16H21F3N6O3S/c1-10-12(11(2)25-15(20-10)21-14(22-25)16(17,18)19)9-13(26)23-5-4-6-24(8-7-23)29(3,27)28/h4-9H2,1-3H3. The molecule has 2 aromatic rings. The fourth-order valence-electron chi connectivity index (χ4n) is 3.32. The van der Waals surface area contributed by atoms with Crippen molar-refractivity contribution in [2.24, 2.45) is 0 Å². The van der Waals surface area contributed by atoms with E-state index in [-0.39, 0.29) is 31.2 Å². The molecule has 3 heterocycles. The van der Waals surface area contributed by atoms with Gasteiger partial charge in [-0.25, -0.2) is 22.2 Å². The summed E-state index contributed by atoms with van der Waals surface area (Å²) >= 11 is 0. The molecule has 1 aliphatic rings. The second-order valence-electron chi connectivity index (χ2n) is 6.98. The maximum absolute atomic E-state index is 12.9. The van der Waals surface area contributed by atoms with Gasteiger partial charge in [-0.05, 0) is 20.3 Å². The first-order valence-electron chi connectivity index (χ1n) is 8.91. The van der Waals surface area contributed by atoms with Crippen molar-refractivity contribution in [3.05, 3.63) is 22.8 Å². The van der Waals surface area contributed by atoms with Gasteiger partial charge in [-0.15, -0.1) is 5.10 Å². The van der Waals surface area contributed by atoms with Gasteiger partial charge >= 0.3 is 6.18 Å². The molecule has 1 aliphatic heterocycles. The van der Waals surface area contributed by atoms with Crippen LogP contribution >= 0.6 is 0 Å². The number of nitrogens with zero attached hydrogens (tertiary/aromatic N) is 6. The third kappa shape index (κ3) is 4.50. The van der Waals surface area contributed by atoms with Crippen LogP contribution in [0.1, 0.15) is 29.2 Å². The molecule has 0 aliphatic carbocycles. The van der Waals surface area contributed by atoms with Gasteiger partial charge in [0.2, 0.25) is 15.9 Å². The number of amides is 1. The monoisotopic (exact) mass is 434 g/mol. The molecule has 3 rings (SSSR count). The van der Waals surface area contributed by atoms with E-state index in [9.17, 15) is 26.4 Å². The van der Waals surface area contributed by atoms with Crippen LogP contribution in [0.4, 0.5) is 13.2 Å². The number of aryl methyl sites for hydroxylation is 2.